The van der Waals surface area contributed by atoms with Gasteiger partial charge in [-0.05, 0) is 22.0 Å². The van der Waals surface area contributed by atoms with Crippen molar-refractivity contribution >= 4 is 27.9 Å². The van der Waals surface area contributed by atoms with Crippen molar-refractivity contribution in [3.63, 3.8) is 0 Å². The van der Waals surface area contributed by atoms with E-state index in [2.05, 4.69) is 20.9 Å². The number of nitrogens with zero attached hydrogens (tertiary/aromatic N) is 1. The Bertz CT molecular complexity index is 262. The van der Waals surface area contributed by atoms with Crippen LogP contribution in [0.4, 0.5) is 5.69 Å². The summed E-state index contributed by atoms with van der Waals surface area (Å²) in [5, 5.41) is 0. The molecular weight excluding hydrogens is 196 g/mol. The Kier molecular flexibility index (Phi) is 2.01. The van der Waals surface area contributed by atoms with Gasteiger partial charge < -0.3 is 5.73 Å². The van der Waals surface area contributed by atoms with Crippen molar-refractivity contribution in [2.24, 2.45) is 0 Å². The molecule has 52 valence electrons. The molecule has 0 aliphatic heterocycles. The van der Waals surface area contributed by atoms with Crippen LogP contribution in [0.5, 0.6) is 0 Å². The van der Waals surface area contributed by atoms with Crippen molar-refractivity contribution in [2.75, 3.05) is 5.73 Å². The summed E-state index contributed by atoms with van der Waals surface area (Å²) in [5.74, 6) is 0. The van der Waals surface area contributed by atoms with Crippen LogP contribution in [0.15, 0.2) is 16.7 Å². The van der Waals surface area contributed by atoms with E-state index in [1.165, 1.54) is 6.20 Å². The number of rotatable bonds is 1. The van der Waals surface area contributed by atoms with Crippen LogP contribution in [0, 0.1) is 0 Å². The van der Waals surface area contributed by atoms with Crippen LogP contribution >= 0.6 is 15.9 Å². The monoisotopic (exact) mass is 200 g/mol. The fraction of sp³-hybridized carbons (Fsp3) is 0. The van der Waals surface area contributed by atoms with Crippen molar-refractivity contribution in [1.82, 2.24) is 4.98 Å². The third-order valence-corrected chi connectivity index (χ3v) is 1.46. The number of halogens is 1. The van der Waals surface area contributed by atoms with E-state index >= 15 is 0 Å². The molecule has 0 unspecified atom stereocenters. The normalized spacial score (nSPS) is 9.30. The molecule has 0 aromatic carbocycles. The highest BCUT2D eigenvalue weighted by molar-refractivity contribution is 9.10. The lowest BCUT2D eigenvalue weighted by Gasteiger charge is -1.95. The third kappa shape index (κ3) is 1.33. The first-order chi connectivity index (χ1) is 4.74. The van der Waals surface area contributed by atoms with Gasteiger partial charge >= 0.3 is 0 Å². The molecule has 0 radical (unpaired) electrons. The smallest absolute Gasteiger partial charge is 0.170 e. The molecule has 1 aromatic heterocycles. The zero-order chi connectivity index (χ0) is 7.56. The number of aldehydes is 1. The third-order valence-electron chi connectivity index (χ3n) is 1.03. The molecule has 1 aromatic rings. The molecule has 0 aliphatic carbocycles. The van der Waals surface area contributed by atoms with Gasteiger partial charge in [-0.3, -0.25) is 9.78 Å². The number of aromatic nitrogens is 1. The van der Waals surface area contributed by atoms with E-state index < -0.39 is 0 Å². The zero-order valence-electron chi connectivity index (χ0n) is 5.04. The van der Waals surface area contributed by atoms with E-state index in [4.69, 9.17) is 5.73 Å². The van der Waals surface area contributed by atoms with Crippen LogP contribution in [-0.4, -0.2) is 11.3 Å². The minimum Gasteiger partial charge on any atom is -0.397 e. The van der Waals surface area contributed by atoms with Gasteiger partial charge in [-0.2, -0.15) is 0 Å². The lowest BCUT2D eigenvalue weighted by atomic mass is 10.3. The summed E-state index contributed by atoms with van der Waals surface area (Å²) in [4.78, 5) is 13.9. The average Bonchev–Trinajstić information content (AvgIpc) is 1.88. The second kappa shape index (κ2) is 2.79. The minimum absolute atomic E-state index is 0.281. The van der Waals surface area contributed by atoms with Gasteiger partial charge in [0.2, 0.25) is 0 Å². The van der Waals surface area contributed by atoms with E-state index in [-0.39, 0.29) is 5.69 Å². The SMILES string of the molecule is Nc1cc(Br)cnc1C=O. The molecule has 0 amide bonds. The summed E-state index contributed by atoms with van der Waals surface area (Å²) in [6.45, 7) is 0. The number of carbonyl (C=O) groups excluding carboxylic acids is 1. The highest BCUT2D eigenvalue weighted by Crippen LogP contribution is 2.13. The molecule has 0 saturated carbocycles. The average molecular weight is 201 g/mol. The molecule has 2 N–H and O–H groups in total. The van der Waals surface area contributed by atoms with Gasteiger partial charge in [0.25, 0.3) is 0 Å². The number of pyridine rings is 1. The van der Waals surface area contributed by atoms with Crippen LogP contribution in [-0.2, 0) is 0 Å². The van der Waals surface area contributed by atoms with Gasteiger partial charge in [-0.15, -0.1) is 0 Å². The van der Waals surface area contributed by atoms with E-state index in [9.17, 15) is 4.79 Å². The number of carbonyl (C=O) groups is 1. The maximum Gasteiger partial charge on any atom is 0.170 e. The van der Waals surface area contributed by atoms with E-state index in [0.717, 1.165) is 4.47 Å². The van der Waals surface area contributed by atoms with Crippen molar-refractivity contribution < 1.29 is 4.79 Å². The summed E-state index contributed by atoms with van der Waals surface area (Å²) in [6.07, 6.45) is 2.15. The Balaban J connectivity index is 3.19. The molecule has 0 atom stereocenters. The molecule has 3 nitrogen and oxygen atoms in total. The molecular formula is C6H5BrN2O. The maximum absolute atomic E-state index is 10.2. The Hall–Kier alpha value is -0.900. The molecule has 0 aliphatic rings. The van der Waals surface area contributed by atoms with Crippen LogP contribution < -0.4 is 5.73 Å². The fourth-order valence-corrected chi connectivity index (χ4v) is 0.913. The van der Waals surface area contributed by atoms with Gasteiger partial charge in [0.05, 0.1) is 5.69 Å². The van der Waals surface area contributed by atoms with Gasteiger partial charge in [-0.25, -0.2) is 0 Å². The summed E-state index contributed by atoms with van der Waals surface area (Å²) in [6, 6.07) is 1.64. The summed E-state index contributed by atoms with van der Waals surface area (Å²) >= 11 is 3.17. The summed E-state index contributed by atoms with van der Waals surface area (Å²) in [7, 11) is 0. The first-order valence-electron chi connectivity index (χ1n) is 2.60. The van der Waals surface area contributed by atoms with E-state index in [1.54, 1.807) is 6.07 Å². The molecule has 1 heterocycles. The van der Waals surface area contributed by atoms with Crippen molar-refractivity contribution in [1.29, 1.82) is 0 Å². The Morgan fingerprint density at radius 2 is 2.40 bits per heavy atom. The molecule has 0 fully saturated rings. The highest BCUT2D eigenvalue weighted by atomic mass is 79.9. The van der Waals surface area contributed by atoms with Crippen LogP contribution in [0.1, 0.15) is 10.5 Å². The van der Waals surface area contributed by atoms with Crippen molar-refractivity contribution in [3.8, 4) is 0 Å². The lowest BCUT2D eigenvalue weighted by molar-refractivity contribution is 0.112. The van der Waals surface area contributed by atoms with E-state index in [1.807, 2.05) is 0 Å². The highest BCUT2D eigenvalue weighted by Gasteiger charge is 1.97. The van der Waals surface area contributed by atoms with Gasteiger partial charge in [0.15, 0.2) is 6.29 Å². The maximum atomic E-state index is 10.2. The molecule has 0 saturated heterocycles. The van der Waals surface area contributed by atoms with E-state index in [0.29, 0.717) is 12.0 Å². The second-order valence-electron chi connectivity index (χ2n) is 1.75. The summed E-state index contributed by atoms with van der Waals surface area (Å²) in [5.41, 5.74) is 6.08. The lowest BCUT2D eigenvalue weighted by Crippen LogP contribution is -1.95. The standard InChI is InChI=1S/C6H5BrN2O/c7-4-1-5(8)6(3-10)9-2-4/h1-3H,8H2. The number of hydrogen-bond acceptors (Lipinski definition) is 3. The number of anilines is 1. The molecule has 1 rings (SSSR count). The van der Waals surface area contributed by atoms with Gasteiger partial charge in [-0.1, -0.05) is 0 Å². The largest absolute Gasteiger partial charge is 0.397 e. The topological polar surface area (TPSA) is 56.0 Å². The molecule has 10 heavy (non-hydrogen) atoms. The number of nitrogen functional groups attached to an aromatic ring is 1. The Morgan fingerprint density at radius 3 is 2.90 bits per heavy atom. The second-order valence-corrected chi connectivity index (χ2v) is 2.66. The number of nitrogens with two attached hydrogens (primary N) is 1. The van der Waals surface area contributed by atoms with Crippen molar-refractivity contribution in [3.05, 3.63) is 22.4 Å². The minimum atomic E-state index is 0.281. The molecule has 0 spiro atoms. The Labute approximate surface area is 66.4 Å². The molecule has 4 heteroatoms. The number of hydrogen-bond donors (Lipinski definition) is 1. The van der Waals surface area contributed by atoms with Gasteiger partial charge in [0, 0.05) is 10.7 Å². The Morgan fingerprint density at radius 1 is 1.70 bits per heavy atom. The predicted molar refractivity (Wildman–Crippen MR) is 41.7 cm³/mol. The van der Waals surface area contributed by atoms with Crippen LogP contribution in [0.25, 0.3) is 0 Å². The van der Waals surface area contributed by atoms with Gasteiger partial charge in [0.1, 0.15) is 5.69 Å². The van der Waals surface area contributed by atoms with Crippen LogP contribution in [0.2, 0.25) is 0 Å². The predicted octanol–water partition coefficient (Wildman–Crippen LogP) is 1.24. The first kappa shape index (κ1) is 7.21. The zero-order valence-corrected chi connectivity index (χ0v) is 6.63. The first-order valence-corrected chi connectivity index (χ1v) is 3.39. The summed E-state index contributed by atoms with van der Waals surface area (Å²) < 4.78 is 0.774. The molecule has 0 bridgehead atoms. The van der Waals surface area contributed by atoms with Crippen LogP contribution in [0.3, 0.4) is 0 Å². The fourth-order valence-electron chi connectivity index (χ4n) is 0.564. The van der Waals surface area contributed by atoms with Crippen molar-refractivity contribution in [2.45, 2.75) is 0 Å². The quantitative estimate of drug-likeness (QED) is 0.695.